The van der Waals surface area contributed by atoms with Crippen LogP contribution in [0.1, 0.15) is 89.9 Å². The fourth-order valence-corrected chi connectivity index (χ4v) is 3.17. The Kier molecular flexibility index (Phi) is 17.9. The summed E-state index contributed by atoms with van der Waals surface area (Å²) in [5.74, 6) is -0.579. The molecule has 0 heterocycles. The van der Waals surface area contributed by atoms with Crippen LogP contribution in [0.3, 0.4) is 0 Å². The summed E-state index contributed by atoms with van der Waals surface area (Å²) in [6.45, 7) is 0.383. The van der Waals surface area contributed by atoms with Gasteiger partial charge in [0.1, 0.15) is 6.10 Å². The van der Waals surface area contributed by atoms with E-state index in [1.54, 1.807) is 6.08 Å². The Morgan fingerprint density at radius 1 is 0.793 bits per heavy atom. The minimum absolute atomic E-state index is 0.178. The molecule has 0 bridgehead atoms. The summed E-state index contributed by atoms with van der Waals surface area (Å²) in [6.07, 6.45) is 14.6. The molecule has 170 valence electrons. The highest BCUT2D eigenvalue weighted by Gasteiger charge is 2.26. The first-order valence-corrected chi connectivity index (χ1v) is 11.2. The van der Waals surface area contributed by atoms with E-state index in [0.717, 1.165) is 32.1 Å². The second-order valence-corrected chi connectivity index (χ2v) is 7.84. The fourth-order valence-electron chi connectivity index (χ4n) is 3.17. The van der Waals surface area contributed by atoms with E-state index in [1.165, 1.54) is 38.5 Å². The lowest BCUT2D eigenvalue weighted by Crippen LogP contribution is -2.47. The number of Topliss-reactive ketones (excluding diaryl/α,β-unsaturated/α-hetero) is 1. The van der Waals surface area contributed by atoms with Crippen molar-refractivity contribution in [1.82, 2.24) is 0 Å². The third-order valence-electron chi connectivity index (χ3n) is 5.09. The maximum Gasteiger partial charge on any atom is 0.217 e. The smallest absolute Gasteiger partial charge is 0.217 e. The summed E-state index contributed by atoms with van der Waals surface area (Å²) in [5.41, 5.74) is 16.2. The predicted octanol–water partition coefficient (Wildman–Crippen LogP) is 2.07. The normalized spacial score (nSPS) is 14.8. The van der Waals surface area contributed by atoms with Crippen LogP contribution < -0.4 is 17.2 Å². The molecule has 7 heteroatoms. The first-order chi connectivity index (χ1) is 13.9. The minimum Gasteiger partial charge on any atom is -0.387 e. The molecule has 3 unspecified atom stereocenters. The van der Waals surface area contributed by atoms with Crippen LogP contribution in [0.25, 0.3) is 0 Å². The van der Waals surface area contributed by atoms with Gasteiger partial charge in [-0.2, -0.15) is 0 Å². The van der Waals surface area contributed by atoms with Crippen molar-refractivity contribution in [3.63, 3.8) is 0 Å². The van der Waals surface area contributed by atoms with Gasteiger partial charge in [-0.25, -0.2) is 0 Å². The SMILES string of the molecule is NCCCC(=O)C(O)C(N)C(O)C=CCCCCCCCCCCCCC(N)=O. The number of aliphatic hydroxyl groups excluding tert-OH is 2. The number of hydrogen-bond acceptors (Lipinski definition) is 6. The number of primary amides is 1. The molecule has 1 amide bonds. The largest absolute Gasteiger partial charge is 0.387 e. The number of carbonyl (C=O) groups is 2. The summed E-state index contributed by atoms with van der Waals surface area (Å²) < 4.78 is 0. The van der Waals surface area contributed by atoms with Gasteiger partial charge in [-0.1, -0.05) is 63.5 Å². The lowest BCUT2D eigenvalue weighted by atomic mass is 9.98. The molecule has 0 spiro atoms. The zero-order valence-corrected chi connectivity index (χ0v) is 17.9. The maximum atomic E-state index is 11.7. The number of aliphatic hydroxyl groups is 2. The Labute approximate surface area is 176 Å². The van der Waals surface area contributed by atoms with Crippen LogP contribution in [-0.4, -0.2) is 46.7 Å². The van der Waals surface area contributed by atoms with Gasteiger partial charge < -0.3 is 27.4 Å². The summed E-state index contributed by atoms with van der Waals surface area (Å²) in [5, 5.41) is 19.9. The lowest BCUT2D eigenvalue weighted by molar-refractivity contribution is -0.129. The van der Waals surface area contributed by atoms with Crippen molar-refractivity contribution < 1.29 is 19.8 Å². The van der Waals surface area contributed by atoms with E-state index in [0.29, 0.717) is 19.4 Å². The van der Waals surface area contributed by atoms with Crippen LogP contribution >= 0.6 is 0 Å². The summed E-state index contributed by atoms with van der Waals surface area (Å²) in [7, 11) is 0. The van der Waals surface area contributed by atoms with Gasteiger partial charge in [0, 0.05) is 12.8 Å². The maximum absolute atomic E-state index is 11.7. The molecule has 0 rings (SSSR count). The van der Waals surface area contributed by atoms with Gasteiger partial charge in [0.25, 0.3) is 0 Å². The number of hydrogen-bond donors (Lipinski definition) is 5. The molecule has 3 atom stereocenters. The molecule has 0 saturated heterocycles. The quantitative estimate of drug-likeness (QED) is 0.152. The van der Waals surface area contributed by atoms with Gasteiger partial charge in [-0.05, 0) is 32.2 Å². The lowest BCUT2D eigenvalue weighted by Gasteiger charge is -2.20. The Hall–Kier alpha value is -1.28. The van der Waals surface area contributed by atoms with E-state index in [1.807, 2.05) is 6.08 Å². The van der Waals surface area contributed by atoms with Crippen LogP contribution in [-0.2, 0) is 9.59 Å². The summed E-state index contributed by atoms with van der Waals surface area (Å²) in [4.78, 5) is 22.3. The van der Waals surface area contributed by atoms with Crippen molar-refractivity contribution in [3.05, 3.63) is 12.2 Å². The number of ketones is 1. The zero-order chi connectivity index (χ0) is 21.9. The number of rotatable bonds is 20. The van der Waals surface area contributed by atoms with Gasteiger partial charge in [-0.15, -0.1) is 0 Å². The van der Waals surface area contributed by atoms with E-state index in [-0.39, 0.29) is 18.1 Å². The molecule has 0 aromatic carbocycles. The first kappa shape index (κ1) is 27.7. The van der Waals surface area contributed by atoms with E-state index in [9.17, 15) is 19.8 Å². The van der Waals surface area contributed by atoms with Crippen LogP contribution in [0, 0.1) is 0 Å². The number of allylic oxidation sites excluding steroid dienone is 1. The average molecular weight is 414 g/mol. The number of nitrogens with two attached hydrogens (primary N) is 3. The van der Waals surface area contributed by atoms with Crippen molar-refractivity contribution in [3.8, 4) is 0 Å². The molecule has 0 aliphatic carbocycles. The Morgan fingerprint density at radius 3 is 1.83 bits per heavy atom. The molecule has 0 aliphatic heterocycles. The Bertz CT molecular complexity index is 457. The highest BCUT2D eigenvalue weighted by atomic mass is 16.3. The molecule has 8 N–H and O–H groups in total. The third kappa shape index (κ3) is 16.2. The van der Waals surface area contributed by atoms with Gasteiger partial charge in [0.2, 0.25) is 5.91 Å². The third-order valence-corrected chi connectivity index (χ3v) is 5.09. The monoisotopic (exact) mass is 413 g/mol. The Morgan fingerprint density at radius 2 is 1.31 bits per heavy atom. The van der Waals surface area contributed by atoms with Crippen molar-refractivity contribution in [2.45, 2.75) is 108 Å². The molecule has 0 aromatic rings. The molecule has 29 heavy (non-hydrogen) atoms. The van der Waals surface area contributed by atoms with Crippen LogP contribution in [0.4, 0.5) is 0 Å². The fraction of sp³-hybridized carbons (Fsp3) is 0.818. The highest BCUT2D eigenvalue weighted by molar-refractivity contribution is 5.83. The first-order valence-electron chi connectivity index (χ1n) is 11.2. The second-order valence-electron chi connectivity index (χ2n) is 7.84. The summed E-state index contributed by atoms with van der Waals surface area (Å²) >= 11 is 0. The van der Waals surface area contributed by atoms with Crippen molar-refractivity contribution in [2.24, 2.45) is 17.2 Å². The van der Waals surface area contributed by atoms with Crippen molar-refractivity contribution >= 4 is 11.7 Å². The van der Waals surface area contributed by atoms with Gasteiger partial charge >= 0.3 is 0 Å². The average Bonchev–Trinajstić information content (AvgIpc) is 2.70. The van der Waals surface area contributed by atoms with E-state index in [4.69, 9.17) is 17.2 Å². The molecular weight excluding hydrogens is 370 g/mol. The molecule has 7 nitrogen and oxygen atoms in total. The molecule has 0 aliphatic rings. The van der Waals surface area contributed by atoms with Crippen LogP contribution in [0.2, 0.25) is 0 Å². The standard InChI is InChI=1S/C22H43N3O4/c23-17-13-15-19(27)22(29)21(25)18(26)14-11-9-7-5-3-1-2-4-6-8-10-12-16-20(24)28/h11,14,18,21-22,26,29H,1-10,12-13,15-17,23,25H2,(H2,24,28). The van der Waals surface area contributed by atoms with Crippen molar-refractivity contribution in [2.75, 3.05) is 6.54 Å². The van der Waals surface area contributed by atoms with E-state index >= 15 is 0 Å². The van der Waals surface area contributed by atoms with E-state index < -0.39 is 18.2 Å². The number of amides is 1. The summed E-state index contributed by atoms with van der Waals surface area (Å²) in [6, 6.07) is -1.01. The zero-order valence-electron chi connectivity index (χ0n) is 17.9. The van der Waals surface area contributed by atoms with Gasteiger partial charge in [0.05, 0.1) is 12.1 Å². The molecule has 0 fully saturated rings. The number of unbranched alkanes of at least 4 members (excludes halogenated alkanes) is 10. The number of carbonyl (C=O) groups excluding carboxylic acids is 2. The van der Waals surface area contributed by atoms with Gasteiger partial charge in [0.15, 0.2) is 5.78 Å². The van der Waals surface area contributed by atoms with E-state index in [2.05, 4.69) is 0 Å². The minimum atomic E-state index is -1.36. The van der Waals surface area contributed by atoms with Crippen molar-refractivity contribution in [1.29, 1.82) is 0 Å². The van der Waals surface area contributed by atoms with Crippen LogP contribution in [0.15, 0.2) is 12.2 Å². The highest BCUT2D eigenvalue weighted by Crippen LogP contribution is 2.12. The topological polar surface area (TPSA) is 153 Å². The molecule has 0 saturated carbocycles. The molecule has 0 aromatic heterocycles. The molecular formula is C22H43N3O4. The second kappa shape index (κ2) is 18.7. The van der Waals surface area contributed by atoms with Crippen LogP contribution in [0.5, 0.6) is 0 Å². The predicted molar refractivity (Wildman–Crippen MR) is 117 cm³/mol. The van der Waals surface area contributed by atoms with Gasteiger partial charge in [-0.3, -0.25) is 9.59 Å². The Balaban J connectivity index is 3.61. The molecule has 0 radical (unpaired) electrons.